The summed E-state index contributed by atoms with van der Waals surface area (Å²) >= 11 is 0. The molecule has 0 aromatic carbocycles. The van der Waals surface area contributed by atoms with Gasteiger partial charge in [0.25, 0.3) is 0 Å². The van der Waals surface area contributed by atoms with E-state index in [1.54, 1.807) is 0 Å². The number of ether oxygens (including phenoxy) is 2. The summed E-state index contributed by atoms with van der Waals surface area (Å²) in [5.41, 5.74) is -1.02. The van der Waals surface area contributed by atoms with Crippen LogP contribution in [0.5, 0.6) is 0 Å². The lowest BCUT2D eigenvalue weighted by atomic mass is 9.90. The molecule has 1 aliphatic rings. The molecule has 0 N–H and O–H groups in total. The summed E-state index contributed by atoms with van der Waals surface area (Å²) in [6.45, 7) is 0.608. The SMILES string of the molecule is COC(=O)[C@]1(C=O)CCOC1. The molecule has 0 aliphatic carbocycles. The van der Waals surface area contributed by atoms with Crippen LogP contribution in [-0.2, 0) is 19.1 Å². The van der Waals surface area contributed by atoms with Crippen molar-refractivity contribution in [2.45, 2.75) is 6.42 Å². The maximum Gasteiger partial charge on any atom is 0.321 e. The predicted octanol–water partition coefficient (Wildman–Crippen LogP) is -0.235. The highest BCUT2D eigenvalue weighted by Gasteiger charge is 2.43. The molecule has 4 heteroatoms. The molecule has 1 aliphatic heterocycles. The number of rotatable bonds is 2. The Morgan fingerprint density at radius 3 is 2.82 bits per heavy atom. The third kappa shape index (κ3) is 1.26. The van der Waals surface area contributed by atoms with Gasteiger partial charge in [-0.1, -0.05) is 0 Å². The zero-order valence-electron chi connectivity index (χ0n) is 6.33. The second-order valence-electron chi connectivity index (χ2n) is 2.57. The third-order valence-corrected chi connectivity index (χ3v) is 1.87. The fourth-order valence-electron chi connectivity index (χ4n) is 1.09. The fraction of sp³-hybridized carbons (Fsp3) is 0.714. The quantitative estimate of drug-likeness (QED) is 0.316. The summed E-state index contributed by atoms with van der Waals surface area (Å²) in [7, 11) is 1.27. The number of hydrogen-bond acceptors (Lipinski definition) is 4. The molecule has 0 bridgehead atoms. The van der Waals surface area contributed by atoms with Crippen molar-refractivity contribution in [2.75, 3.05) is 20.3 Å². The lowest BCUT2D eigenvalue weighted by molar-refractivity contribution is -0.154. The van der Waals surface area contributed by atoms with E-state index in [9.17, 15) is 9.59 Å². The summed E-state index contributed by atoms with van der Waals surface area (Å²) in [5.74, 6) is -0.495. The summed E-state index contributed by atoms with van der Waals surface area (Å²) in [6, 6.07) is 0. The second kappa shape index (κ2) is 3.00. The number of aldehydes is 1. The van der Waals surface area contributed by atoms with E-state index in [-0.39, 0.29) is 6.61 Å². The molecular weight excluding hydrogens is 148 g/mol. The number of methoxy groups -OCH3 is 1. The molecule has 1 atom stereocenters. The average Bonchev–Trinajstić information content (AvgIpc) is 2.52. The Bertz CT molecular complexity index is 169. The van der Waals surface area contributed by atoms with Gasteiger partial charge in [0, 0.05) is 6.61 Å². The number of esters is 1. The molecule has 1 rings (SSSR count). The molecule has 1 fully saturated rings. The molecule has 0 spiro atoms. The van der Waals surface area contributed by atoms with E-state index in [1.807, 2.05) is 0 Å². The smallest absolute Gasteiger partial charge is 0.321 e. The van der Waals surface area contributed by atoms with Gasteiger partial charge in [-0.3, -0.25) is 4.79 Å². The molecule has 0 aromatic rings. The van der Waals surface area contributed by atoms with Gasteiger partial charge in [0.05, 0.1) is 13.7 Å². The van der Waals surface area contributed by atoms with Gasteiger partial charge in [-0.2, -0.15) is 0 Å². The van der Waals surface area contributed by atoms with Crippen LogP contribution in [0.25, 0.3) is 0 Å². The Kier molecular flexibility index (Phi) is 2.24. The van der Waals surface area contributed by atoms with Crippen LogP contribution in [0.15, 0.2) is 0 Å². The standard InChI is InChI=1S/C7H10O4/c1-10-6(9)7(4-8)2-3-11-5-7/h4H,2-3,5H2,1H3/t7-/m0/s1. The molecule has 1 heterocycles. The minimum atomic E-state index is -1.02. The Morgan fingerprint density at radius 1 is 1.73 bits per heavy atom. The van der Waals surface area contributed by atoms with Crippen LogP contribution < -0.4 is 0 Å². The summed E-state index contributed by atoms with van der Waals surface area (Å²) in [6.07, 6.45) is 1.05. The van der Waals surface area contributed by atoms with Gasteiger partial charge in [-0.05, 0) is 6.42 Å². The van der Waals surface area contributed by atoms with Crippen molar-refractivity contribution in [1.82, 2.24) is 0 Å². The summed E-state index contributed by atoms with van der Waals surface area (Å²) in [4.78, 5) is 21.6. The first-order valence-corrected chi connectivity index (χ1v) is 3.38. The van der Waals surface area contributed by atoms with E-state index < -0.39 is 11.4 Å². The molecule has 4 nitrogen and oxygen atoms in total. The zero-order valence-corrected chi connectivity index (χ0v) is 6.33. The van der Waals surface area contributed by atoms with Crippen molar-refractivity contribution in [2.24, 2.45) is 5.41 Å². The highest BCUT2D eigenvalue weighted by atomic mass is 16.5. The van der Waals surface area contributed by atoms with Crippen molar-refractivity contribution in [3.63, 3.8) is 0 Å². The number of carbonyl (C=O) groups excluding carboxylic acids is 2. The first-order chi connectivity index (χ1) is 5.25. The fourth-order valence-corrected chi connectivity index (χ4v) is 1.09. The molecular formula is C7H10O4. The lowest BCUT2D eigenvalue weighted by Gasteiger charge is -2.15. The largest absolute Gasteiger partial charge is 0.468 e. The van der Waals surface area contributed by atoms with Crippen LogP contribution >= 0.6 is 0 Å². The van der Waals surface area contributed by atoms with Crippen molar-refractivity contribution < 1.29 is 19.1 Å². The molecule has 11 heavy (non-hydrogen) atoms. The first kappa shape index (κ1) is 8.20. The molecule has 0 amide bonds. The Labute approximate surface area is 64.5 Å². The lowest BCUT2D eigenvalue weighted by Crippen LogP contribution is -2.34. The molecule has 0 unspecified atom stereocenters. The molecule has 62 valence electrons. The van der Waals surface area contributed by atoms with Crippen LogP contribution in [-0.4, -0.2) is 32.6 Å². The van der Waals surface area contributed by atoms with Gasteiger partial charge in [0.15, 0.2) is 0 Å². The molecule has 0 aromatic heterocycles. The van der Waals surface area contributed by atoms with E-state index in [2.05, 4.69) is 4.74 Å². The molecule has 1 saturated heterocycles. The van der Waals surface area contributed by atoms with Crippen molar-refractivity contribution in [1.29, 1.82) is 0 Å². The Morgan fingerprint density at radius 2 is 2.45 bits per heavy atom. The monoisotopic (exact) mass is 158 g/mol. The van der Waals surface area contributed by atoms with Crippen molar-refractivity contribution >= 4 is 12.3 Å². The normalized spacial score (nSPS) is 29.9. The molecule has 0 saturated carbocycles. The zero-order chi connectivity index (χ0) is 8.32. The maximum absolute atomic E-state index is 11.0. The van der Waals surface area contributed by atoms with Gasteiger partial charge in [0.1, 0.15) is 11.7 Å². The van der Waals surface area contributed by atoms with E-state index in [0.29, 0.717) is 19.3 Å². The van der Waals surface area contributed by atoms with Crippen molar-refractivity contribution in [3.8, 4) is 0 Å². The Balaban J connectivity index is 2.74. The number of carbonyl (C=O) groups is 2. The summed E-state index contributed by atoms with van der Waals surface area (Å²) in [5, 5.41) is 0. The summed E-state index contributed by atoms with van der Waals surface area (Å²) < 4.78 is 9.42. The average molecular weight is 158 g/mol. The van der Waals surface area contributed by atoms with E-state index >= 15 is 0 Å². The minimum absolute atomic E-state index is 0.156. The van der Waals surface area contributed by atoms with Gasteiger partial charge < -0.3 is 14.3 Å². The molecule has 0 radical (unpaired) electrons. The second-order valence-corrected chi connectivity index (χ2v) is 2.57. The van der Waals surface area contributed by atoms with E-state index in [0.717, 1.165) is 0 Å². The first-order valence-electron chi connectivity index (χ1n) is 3.38. The maximum atomic E-state index is 11.0. The van der Waals surface area contributed by atoms with Gasteiger partial charge >= 0.3 is 5.97 Å². The van der Waals surface area contributed by atoms with E-state index in [1.165, 1.54) is 7.11 Å². The third-order valence-electron chi connectivity index (χ3n) is 1.87. The van der Waals surface area contributed by atoms with Crippen LogP contribution in [0, 0.1) is 5.41 Å². The van der Waals surface area contributed by atoms with Gasteiger partial charge in [-0.25, -0.2) is 0 Å². The van der Waals surface area contributed by atoms with Crippen molar-refractivity contribution in [3.05, 3.63) is 0 Å². The predicted molar refractivity (Wildman–Crippen MR) is 35.9 cm³/mol. The minimum Gasteiger partial charge on any atom is -0.468 e. The van der Waals surface area contributed by atoms with Crippen LogP contribution in [0.2, 0.25) is 0 Å². The Hall–Kier alpha value is -0.900. The van der Waals surface area contributed by atoms with Gasteiger partial charge in [0.2, 0.25) is 0 Å². The van der Waals surface area contributed by atoms with Gasteiger partial charge in [-0.15, -0.1) is 0 Å². The van der Waals surface area contributed by atoms with E-state index in [4.69, 9.17) is 4.74 Å². The van der Waals surface area contributed by atoms with Crippen LogP contribution in [0.4, 0.5) is 0 Å². The topological polar surface area (TPSA) is 52.6 Å². The highest BCUT2D eigenvalue weighted by molar-refractivity contribution is 5.93. The van der Waals surface area contributed by atoms with Crippen LogP contribution in [0.1, 0.15) is 6.42 Å². The number of hydrogen-bond donors (Lipinski definition) is 0. The highest BCUT2D eigenvalue weighted by Crippen LogP contribution is 2.27. The van der Waals surface area contributed by atoms with Crippen LogP contribution in [0.3, 0.4) is 0 Å².